The van der Waals surface area contributed by atoms with Gasteiger partial charge in [0.1, 0.15) is 0 Å². The standard InChI is InChI=1S/C18H22N2O4/c1-5-19-8-10-20(11-9-19)17(21)7-6-14-12-15(22-2)18(24-4)16(13-14)23-3/h1,6-7,12-13H,8-11H2,2-4H3. The van der Waals surface area contributed by atoms with Gasteiger partial charge in [0.2, 0.25) is 11.7 Å². The zero-order chi connectivity index (χ0) is 17.5. The molecular formula is C18H22N2O4. The van der Waals surface area contributed by atoms with E-state index < -0.39 is 0 Å². The third-order valence-corrected chi connectivity index (χ3v) is 3.88. The summed E-state index contributed by atoms with van der Waals surface area (Å²) in [7, 11) is 4.66. The van der Waals surface area contributed by atoms with Crippen LogP contribution >= 0.6 is 0 Å². The van der Waals surface area contributed by atoms with E-state index in [1.54, 1.807) is 50.5 Å². The van der Waals surface area contributed by atoms with E-state index in [1.807, 2.05) is 4.90 Å². The lowest BCUT2D eigenvalue weighted by atomic mass is 10.1. The molecule has 0 unspecified atom stereocenters. The lowest BCUT2D eigenvalue weighted by molar-refractivity contribution is -0.127. The molecule has 2 rings (SSSR count). The molecule has 0 atom stereocenters. The second-order valence-electron chi connectivity index (χ2n) is 5.23. The van der Waals surface area contributed by atoms with Crippen molar-refractivity contribution in [2.75, 3.05) is 47.5 Å². The summed E-state index contributed by atoms with van der Waals surface area (Å²) in [5.74, 6) is 1.58. The summed E-state index contributed by atoms with van der Waals surface area (Å²) in [6, 6.07) is 6.18. The maximum atomic E-state index is 12.3. The Kier molecular flexibility index (Phi) is 5.96. The third kappa shape index (κ3) is 3.93. The van der Waals surface area contributed by atoms with Gasteiger partial charge in [-0.05, 0) is 23.8 Å². The van der Waals surface area contributed by atoms with Crippen LogP contribution in [0.5, 0.6) is 17.2 Å². The van der Waals surface area contributed by atoms with Crippen molar-refractivity contribution < 1.29 is 19.0 Å². The van der Waals surface area contributed by atoms with Crippen LogP contribution in [0.25, 0.3) is 6.08 Å². The number of hydrogen-bond acceptors (Lipinski definition) is 5. The molecule has 0 radical (unpaired) electrons. The number of ether oxygens (including phenoxy) is 3. The van der Waals surface area contributed by atoms with Crippen LogP contribution in [-0.4, -0.2) is 63.2 Å². The van der Waals surface area contributed by atoms with E-state index in [-0.39, 0.29) is 5.91 Å². The fourth-order valence-corrected chi connectivity index (χ4v) is 2.53. The van der Waals surface area contributed by atoms with E-state index in [0.29, 0.717) is 43.4 Å². The topological polar surface area (TPSA) is 51.2 Å². The number of carbonyl (C=O) groups excluding carboxylic acids is 1. The van der Waals surface area contributed by atoms with E-state index in [4.69, 9.17) is 20.6 Å². The highest BCUT2D eigenvalue weighted by Gasteiger charge is 2.18. The van der Waals surface area contributed by atoms with Gasteiger partial charge >= 0.3 is 0 Å². The van der Waals surface area contributed by atoms with Gasteiger partial charge in [0.25, 0.3) is 0 Å². The summed E-state index contributed by atoms with van der Waals surface area (Å²) in [4.78, 5) is 15.9. The molecule has 128 valence electrons. The summed E-state index contributed by atoms with van der Waals surface area (Å²) in [5, 5.41) is 0. The average molecular weight is 330 g/mol. The number of benzene rings is 1. The van der Waals surface area contributed by atoms with Gasteiger partial charge in [0.15, 0.2) is 11.5 Å². The summed E-state index contributed by atoms with van der Waals surface area (Å²) < 4.78 is 15.9. The van der Waals surface area contributed by atoms with Crippen LogP contribution in [0.4, 0.5) is 0 Å². The Morgan fingerprint density at radius 1 is 1.08 bits per heavy atom. The summed E-state index contributed by atoms with van der Waals surface area (Å²) in [5.41, 5.74) is 0.792. The fraction of sp³-hybridized carbons (Fsp3) is 0.389. The van der Waals surface area contributed by atoms with Gasteiger partial charge in [-0.1, -0.05) is 6.42 Å². The first-order valence-corrected chi connectivity index (χ1v) is 7.61. The molecule has 0 spiro atoms. The van der Waals surface area contributed by atoms with Crippen molar-refractivity contribution in [1.82, 2.24) is 9.80 Å². The Bertz CT molecular complexity index is 630. The molecule has 24 heavy (non-hydrogen) atoms. The van der Waals surface area contributed by atoms with Gasteiger partial charge in [0, 0.05) is 38.3 Å². The fourth-order valence-electron chi connectivity index (χ4n) is 2.53. The Labute approximate surface area is 142 Å². The van der Waals surface area contributed by atoms with Crippen molar-refractivity contribution in [3.05, 3.63) is 23.8 Å². The number of nitrogens with zero attached hydrogens (tertiary/aromatic N) is 2. The quantitative estimate of drug-likeness (QED) is 0.604. The molecule has 1 saturated heterocycles. The van der Waals surface area contributed by atoms with Crippen molar-refractivity contribution in [1.29, 1.82) is 0 Å². The van der Waals surface area contributed by atoms with E-state index in [2.05, 4.69) is 6.04 Å². The highest BCUT2D eigenvalue weighted by atomic mass is 16.5. The minimum Gasteiger partial charge on any atom is -0.493 e. The van der Waals surface area contributed by atoms with Crippen molar-refractivity contribution in [2.45, 2.75) is 0 Å². The maximum Gasteiger partial charge on any atom is 0.246 e. The van der Waals surface area contributed by atoms with Crippen molar-refractivity contribution in [3.8, 4) is 29.7 Å². The molecule has 0 saturated carbocycles. The van der Waals surface area contributed by atoms with Crippen LogP contribution in [0.15, 0.2) is 18.2 Å². The normalized spacial score (nSPS) is 14.4. The lowest BCUT2D eigenvalue weighted by Gasteiger charge is -2.31. The number of carbonyl (C=O) groups is 1. The molecule has 1 aromatic rings. The van der Waals surface area contributed by atoms with Crippen molar-refractivity contribution >= 4 is 12.0 Å². The molecule has 0 aromatic heterocycles. The van der Waals surface area contributed by atoms with Crippen molar-refractivity contribution in [3.63, 3.8) is 0 Å². The molecule has 6 nitrogen and oxygen atoms in total. The number of terminal acetylenes is 1. The molecule has 6 heteroatoms. The number of amides is 1. The van der Waals surface area contributed by atoms with Crippen LogP contribution in [0.2, 0.25) is 0 Å². The minimum atomic E-state index is -0.0413. The van der Waals surface area contributed by atoms with Crippen LogP contribution in [0.1, 0.15) is 5.56 Å². The molecule has 0 N–H and O–H groups in total. The van der Waals surface area contributed by atoms with E-state index in [1.165, 1.54) is 0 Å². The van der Waals surface area contributed by atoms with Crippen LogP contribution in [0.3, 0.4) is 0 Å². The predicted octanol–water partition coefficient (Wildman–Crippen LogP) is 1.46. The molecule has 1 aromatic carbocycles. The molecule has 1 aliphatic rings. The summed E-state index contributed by atoms with van der Waals surface area (Å²) >= 11 is 0. The van der Waals surface area contributed by atoms with Gasteiger partial charge in [-0.3, -0.25) is 4.79 Å². The Morgan fingerprint density at radius 2 is 1.67 bits per heavy atom. The first-order chi connectivity index (χ1) is 11.6. The highest BCUT2D eigenvalue weighted by molar-refractivity contribution is 5.92. The number of rotatable bonds is 5. The first kappa shape index (κ1) is 17.5. The average Bonchev–Trinajstić information content (AvgIpc) is 2.65. The second kappa shape index (κ2) is 8.16. The smallest absolute Gasteiger partial charge is 0.246 e. The third-order valence-electron chi connectivity index (χ3n) is 3.88. The Balaban J connectivity index is 2.11. The zero-order valence-electron chi connectivity index (χ0n) is 14.2. The Hall–Kier alpha value is -2.81. The number of hydrogen-bond donors (Lipinski definition) is 0. The number of methoxy groups -OCH3 is 3. The highest BCUT2D eigenvalue weighted by Crippen LogP contribution is 2.38. The van der Waals surface area contributed by atoms with Gasteiger partial charge in [-0.15, -0.1) is 0 Å². The summed E-state index contributed by atoms with van der Waals surface area (Å²) in [6.45, 7) is 2.64. The first-order valence-electron chi connectivity index (χ1n) is 7.61. The molecule has 1 amide bonds. The SMILES string of the molecule is C#CN1CCN(C(=O)C=Cc2cc(OC)c(OC)c(OC)c2)CC1. The van der Waals surface area contributed by atoms with E-state index in [0.717, 1.165) is 5.56 Å². The predicted molar refractivity (Wildman–Crippen MR) is 92.1 cm³/mol. The van der Waals surface area contributed by atoms with E-state index in [9.17, 15) is 4.79 Å². The minimum absolute atomic E-state index is 0.0413. The van der Waals surface area contributed by atoms with E-state index >= 15 is 0 Å². The van der Waals surface area contributed by atoms with Gasteiger partial charge < -0.3 is 24.0 Å². The zero-order valence-corrected chi connectivity index (χ0v) is 14.2. The molecular weight excluding hydrogens is 308 g/mol. The summed E-state index contributed by atoms with van der Waals surface area (Å²) in [6.07, 6.45) is 8.65. The molecule has 0 bridgehead atoms. The van der Waals surface area contributed by atoms with Crippen LogP contribution in [-0.2, 0) is 4.79 Å². The Morgan fingerprint density at radius 3 is 2.12 bits per heavy atom. The molecule has 1 fully saturated rings. The van der Waals surface area contributed by atoms with Gasteiger partial charge in [-0.25, -0.2) is 0 Å². The monoisotopic (exact) mass is 330 g/mol. The number of piperazine rings is 1. The van der Waals surface area contributed by atoms with Crippen LogP contribution in [0, 0.1) is 12.5 Å². The van der Waals surface area contributed by atoms with Gasteiger partial charge in [0.05, 0.1) is 21.3 Å². The van der Waals surface area contributed by atoms with Crippen molar-refractivity contribution in [2.24, 2.45) is 0 Å². The van der Waals surface area contributed by atoms with Gasteiger partial charge in [-0.2, -0.15) is 0 Å². The molecule has 1 aliphatic heterocycles. The largest absolute Gasteiger partial charge is 0.493 e. The second-order valence-corrected chi connectivity index (χ2v) is 5.23. The molecule has 1 heterocycles. The van der Waals surface area contributed by atoms with Crippen LogP contribution < -0.4 is 14.2 Å². The molecule has 0 aliphatic carbocycles. The maximum absolute atomic E-state index is 12.3. The lowest BCUT2D eigenvalue weighted by Crippen LogP contribution is -2.46.